The van der Waals surface area contributed by atoms with Gasteiger partial charge >= 0.3 is 0 Å². The minimum absolute atomic E-state index is 0.0683. The predicted octanol–water partition coefficient (Wildman–Crippen LogP) is 10.2. The highest BCUT2D eigenvalue weighted by Crippen LogP contribution is 2.43. The maximum Gasteiger partial charge on any atom is 0.115 e. The van der Waals surface area contributed by atoms with Gasteiger partial charge in [-0.2, -0.15) is 0 Å². The zero-order chi connectivity index (χ0) is 27.6. The van der Waals surface area contributed by atoms with Crippen molar-refractivity contribution in [1.29, 1.82) is 0 Å². The fraction of sp³-hybridized carbons (Fsp3) is 0.314. The first-order valence-corrected chi connectivity index (χ1v) is 14.2. The number of phenols is 1. The fourth-order valence-electron chi connectivity index (χ4n) is 5.42. The summed E-state index contributed by atoms with van der Waals surface area (Å²) in [5, 5.41) is 12.4. The lowest BCUT2D eigenvalue weighted by molar-refractivity contribution is 0.474. The van der Waals surface area contributed by atoms with Crippen LogP contribution in [0.2, 0.25) is 0 Å². The van der Waals surface area contributed by atoms with Crippen molar-refractivity contribution >= 4 is 37.7 Å². The molecule has 4 aromatic carbocycles. The van der Waals surface area contributed by atoms with Crippen LogP contribution in [0.3, 0.4) is 0 Å². The van der Waals surface area contributed by atoms with Gasteiger partial charge in [0.1, 0.15) is 5.75 Å². The van der Waals surface area contributed by atoms with Gasteiger partial charge in [-0.25, -0.2) is 0 Å². The number of phenolic OH excluding ortho intramolecular Hbond substituents is 1. The first-order valence-electron chi connectivity index (χ1n) is 13.4. The van der Waals surface area contributed by atoms with Crippen LogP contribution >= 0.6 is 15.9 Å². The number of benzene rings is 4. The SMILES string of the molecule is CC(C)(C)c1ccc2c(c1)c1cc(C(C)(C)C)ccc1n2-c1cccc(C(C)(C)c2ccc(O)cc2)c1Br. The summed E-state index contributed by atoms with van der Waals surface area (Å²) in [7, 11) is 0. The first-order chi connectivity index (χ1) is 17.7. The Morgan fingerprint density at radius 2 is 1.08 bits per heavy atom. The lowest BCUT2D eigenvalue weighted by atomic mass is 9.78. The van der Waals surface area contributed by atoms with Crippen molar-refractivity contribution < 1.29 is 5.11 Å². The number of aromatic hydroxyl groups is 1. The molecule has 0 saturated carbocycles. The lowest BCUT2D eigenvalue weighted by Crippen LogP contribution is -2.20. The summed E-state index contributed by atoms with van der Waals surface area (Å²) in [5.41, 5.74) is 8.45. The minimum atomic E-state index is -0.264. The maximum atomic E-state index is 9.84. The number of hydrogen-bond acceptors (Lipinski definition) is 1. The van der Waals surface area contributed by atoms with E-state index in [1.54, 1.807) is 12.1 Å². The summed E-state index contributed by atoms with van der Waals surface area (Å²) in [6.07, 6.45) is 0. The van der Waals surface area contributed by atoms with Gasteiger partial charge in [-0.3, -0.25) is 0 Å². The molecule has 0 spiro atoms. The van der Waals surface area contributed by atoms with Gasteiger partial charge in [0.15, 0.2) is 0 Å². The monoisotopic (exact) mass is 567 g/mol. The van der Waals surface area contributed by atoms with Gasteiger partial charge in [0.25, 0.3) is 0 Å². The van der Waals surface area contributed by atoms with E-state index in [2.05, 4.69) is 130 Å². The van der Waals surface area contributed by atoms with E-state index in [4.69, 9.17) is 0 Å². The molecule has 0 radical (unpaired) electrons. The Balaban J connectivity index is 1.81. The Kier molecular flexibility index (Phi) is 6.30. The van der Waals surface area contributed by atoms with Crippen LogP contribution in [-0.2, 0) is 16.2 Å². The van der Waals surface area contributed by atoms with Crippen molar-refractivity contribution in [1.82, 2.24) is 4.57 Å². The molecule has 0 aliphatic heterocycles. The third-order valence-electron chi connectivity index (χ3n) is 7.98. The summed E-state index contributed by atoms with van der Waals surface area (Å²) in [6.45, 7) is 18.1. The Morgan fingerprint density at radius 1 is 0.605 bits per heavy atom. The maximum absolute atomic E-state index is 9.84. The van der Waals surface area contributed by atoms with Gasteiger partial charge < -0.3 is 9.67 Å². The second-order valence-electron chi connectivity index (χ2n) is 13.1. The van der Waals surface area contributed by atoms with E-state index in [1.165, 1.54) is 38.5 Å². The smallest absolute Gasteiger partial charge is 0.115 e. The number of hydrogen-bond donors (Lipinski definition) is 1. The minimum Gasteiger partial charge on any atom is -0.508 e. The molecule has 2 nitrogen and oxygen atoms in total. The molecule has 0 atom stereocenters. The highest BCUT2D eigenvalue weighted by Gasteiger charge is 2.28. The number of fused-ring (bicyclic) bond motifs is 3. The molecule has 0 bridgehead atoms. The molecule has 196 valence electrons. The van der Waals surface area contributed by atoms with E-state index < -0.39 is 0 Å². The molecule has 0 fully saturated rings. The second kappa shape index (κ2) is 9.02. The first kappa shape index (κ1) is 26.6. The van der Waals surface area contributed by atoms with E-state index in [0.717, 1.165) is 15.7 Å². The Hall–Kier alpha value is -3.04. The molecule has 1 aromatic heterocycles. The van der Waals surface area contributed by atoms with E-state index in [1.807, 2.05) is 12.1 Å². The molecule has 3 heteroatoms. The summed E-state index contributed by atoms with van der Waals surface area (Å²) >= 11 is 4.04. The van der Waals surface area contributed by atoms with Crippen molar-refractivity contribution in [3.63, 3.8) is 0 Å². The largest absolute Gasteiger partial charge is 0.508 e. The quantitative estimate of drug-likeness (QED) is 0.230. The predicted molar refractivity (Wildman–Crippen MR) is 166 cm³/mol. The molecule has 5 rings (SSSR count). The molecular weight excluding hydrogens is 530 g/mol. The van der Waals surface area contributed by atoms with Crippen molar-refractivity contribution in [2.24, 2.45) is 0 Å². The van der Waals surface area contributed by atoms with Crippen LogP contribution in [0.1, 0.15) is 77.6 Å². The number of rotatable bonds is 3. The highest BCUT2D eigenvalue weighted by atomic mass is 79.9. The highest BCUT2D eigenvalue weighted by molar-refractivity contribution is 9.10. The van der Waals surface area contributed by atoms with Crippen molar-refractivity contribution in [2.75, 3.05) is 0 Å². The summed E-state index contributed by atoms with van der Waals surface area (Å²) in [6, 6.07) is 28.0. The zero-order valence-electron chi connectivity index (χ0n) is 23.8. The Labute approximate surface area is 235 Å². The van der Waals surface area contributed by atoms with Crippen LogP contribution in [0.15, 0.2) is 83.3 Å². The Bertz CT molecular complexity index is 1590. The van der Waals surface area contributed by atoms with E-state index >= 15 is 0 Å². The summed E-state index contributed by atoms with van der Waals surface area (Å²) < 4.78 is 3.49. The van der Waals surface area contributed by atoms with E-state index in [9.17, 15) is 5.11 Å². The van der Waals surface area contributed by atoms with E-state index in [-0.39, 0.29) is 22.0 Å². The third kappa shape index (κ3) is 4.45. The van der Waals surface area contributed by atoms with Crippen molar-refractivity contribution in [3.05, 3.63) is 106 Å². The van der Waals surface area contributed by atoms with Gasteiger partial charge in [-0.1, -0.05) is 91.8 Å². The average Bonchev–Trinajstić information content (AvgIpc) is 3.16. The molecule has 1 heterocycles. The standard InChI is InChI=1S/C35H38BrNO/c1-33(2,3)23-14-18-29-26(20-23)27-21-24(34(4,5)6)15-19-30(27)37(29)31-11-9-10-28(32(31)36)35(7,8)22-12-16-25(38)17-13-22/h9-21,38H,1-8H3. The topological polar surface area (TPSA) is 25.2 Å². The number of aromatic nitrogens is 1. The molecule has 0 amide bonds. The molecular formula is C35H38BrNO. The molecule has 0 aliphatic carbocycles. The molecule has 0 aliphatic rings. The van der Waals surface area contributed by atoms with Gasteiger partial charge in [-0.05, 0) is 91.5 Å². The fourth-order valence-corrected chi connectivity index (χ4v) is 6.36. The Morgan fingerprint density at radius 3 is 1.55 bits per heavy atom. The molecule has 1 N–H and O–H groups in total. The lowest BCUT2D eigenvalue weighted by Gasteiger charge is -2.28. The van der Waals surface area contributed by atoms with Gasteiger partial charge in [-0.15, -0.1) is 0 Å². The van der Waals surface area contributed by atoms with Crippen LogP contribution in [0.25, 0.3) is 27.5 Å². The van der Waals surface area contributed by atoms with Crippen molar-refractivity contribution in [3.8, 4) is 11.4 Å². The number of nitrogens with zero attached hydrogens (tertiary/aromatic N) is 1. The van der Waals surface area contributed by atoms with Crippen LogP contribution in [-0.4, -0.2) is 9.67 Å². The van der Waals surface area contributed by atoms with E-state index in [0.29, 0.717) is 0 Å². The average molecular weight is 569 g/mol. The van der Waals surface area contributed by atoms with Crippen molar-refractivity contribution in [2.45, 2.75) is 71.6 Å². The van der Waals surface area contributed by atoms with Gasteiger partial charge in [0.2, 0.25) is 0 Å². The molecule has 0 saturated heterocycles. The summed E-state index contributed by atoms with van der Waals surface area (Å²) in [5.74, 6) is 0.284. The molecule has 38 heavy (non-hydrogen) atoms. The molecule has 5 aromatic rings. The second-order valence-corrected chi connectivity index (χ2v) is 13.9. The normalized spacial score (nSPS) is 13.0. The third-order valence-corrected chi connectivity index (χ3v) is 8.81. The zero-order valence-corrected chi connectivity index (χ0v) is 25.4. The van der Waals surface area contributed by atoms with Crippen LogP contribution in [0, 0.1) is 0 Å². The van der Waals surface area contributed by atoms with Gasteiger partial charge in [0, 0.05) is 20.7 Å². The molecule has 0 unspecified atom stereocenters. The van der Waals surface area contributed by atoms with Crippen LogP contribution in [0.5, 0.6) is 5.75 Å². The number of halogens is 1. The summed E-state index contributed by atoms with van der Waals surface area (Å²) in [4.78, 5) is 0. The van der Waals surface area contributed by atoms with Gasteiger partial charge in [0.05, 0.1) is 16.7 Å². The van der Waals surface area contributed by atoms with Crippen LogP contribution < -0.4 is 0 Å². The van der Waals surface area contributed by atoms with Crippen LogP contribution in [0.4, 0.5) is 0 Å².